The van der Waals surface area contributed by atoms with Crippen LogP contribution in [0.1, 0.15) is 23.0 Å². The molecule has 21 heavy (non-hydrogen) atoms. The van der Waals surface area contributed by atoms with Gasteiger partial charge in [0.15, 0.2) is 17.3 Å². The van der Waals surface area contributed by atoms with Gasteiger partial charge in [-0.3, -0.25) is 4.79 Å². The number of carbonyl (C=O) groups is 1. The second kappa shape index (κ2) is 4.62. The Balaban J connectivity index is 2.33. The molecule has 5 nitrogen and oxygen atoms in total. The molecule has 0 aromatic carbocycles. The number of fused-ring (bicyclic) bond motifs is 1. The van der Waals surface area contributed by atoms with Crippen LogP contribution in [0, 0.1) is 0 Å². The normalized spacial score (nSPS) is 12.0. The molecule has 3 aromatic heterocycles. The van der Waals surface area contributed by atoms with Crippen LogP contribution in [0.4, 0.5) is 13.2 Å². The van der Waals surface area contributed by atoms with Crippen molar-refractivity contribution < 1.29 is 18.0 Å². The number of carbonyl (C=O) groups excluding carboxylic acids is 1. The monoisotopic (exact) mass is 312 g/mol. The van der Waals surface area contributed by atoms with E-state index in [1.54, 1.807) is 11.4 Å². The average Bonchev–Trinajstić information content (AvgIpc) is 3.04. The van der Waals surface area contributed by atoms with Gasteiger partial charge in [0.1, 0.15) is 11.2 Å². The number of hydrogen-bond acceptors (Lipinski definition) is 5. The van der Waals surface area contributed by atoms with Crippen molar-refractivity contribution in [2.75, 3.05) is 0 Å². The van der Waals surface area contributed by atoms with Crippen LogP contribution < -0.4 is 0 Å². The van der Waals surface area contributed by atoms with E-state index in [-0.39, 0.29) is 5.82 Å². The first-order valence-electron chi connectivity index (χ1n) is 5.74. The summed E-state index contributed by atoms with van der Waals surface area (Å²) in [7, 11) is 0. The maximum absolute atomic E-state index is 13.3. The Morgan fingerprint density at radius 3 is 2.76 bits per heavy atom. The van der Waals surface area contributed by atoms with Crippen LogP contribution in [0.15, 0.2) is 24.0 Å². The highest BCUT2D eigenvalue weighted by molar-refractivity contribution is 7.16. The average molecular weight is 312 g/mol. The van der Waals surface area contributed by atoms with Gasteiger partial charge >= 0.3 is 6.18 Å². The SMILES string of the molecule is CC(=O)c1cnn(-c2ncnc3sccc23)c1C(F)(F)F. The molecule has 3 rings (SSSR count). The molecule has 108 valence electrons. The van der Waals surface area contributed by atoms with Gasteiger partial charge < -0.3 is 0 Å². The molecule has 0 unspecified atom stereocenters. The number of hydrogen-bond donors (Lipinski definition) is 0. The fourth-order valence-corrected chi connectivity index (χ4v) is 2.71. The Kier molecular flexibility index (Phi) is 3.01. The highest BCUT2D eigenvalue weighted by atomic mass is 32.1. The van der Waals surface area contributed by atoms with Gasteiger partial charge in [0.2, 0.25) is 0 Å². The predicted molar refractivity (Wildman–Crippen MR) is 69.5 cm³/mol. The van der Waals surface area contributed by atoms with Crippen molar-refractivity contribution in [1.29, 1.82) is 0 Å². The van der Waals surface area contributed by atoms with E-state index in [1.165, 1.54) is 17.7 Å². The Morgan fingerprint density at radius 1 is 1.33 bits per heavy atom. The van der Waals surface area contributed by atoms with E-state index < -0.39 is 23.2 Å². The summed E-state index contributed by atoms with van der Waals surface area (Å²) in [6.07, 6.45) is -2.64. The maximum atomic E-state index is 13.3. The summed E-state index contributed by atoms with van der Waals surface area (Å²) < 4.78 is 40.4. The summed E-state index contributed by atoms with van der Waals surface area (Å²) in [5.41, 5.74) is -1.61. The van der Waals surface area contributed by atoms with Crippen molar-refractivity contribution in [3.63, 3.8) is 0 Å². The first-order valence-corrected chi connectivity index (χ1v) is 6.62. The van der Waals surface area contributed by atoms with Crippen molar-refractivity contribution in [2.24, 2.45) is 0 Å². The number of aromatic nitrogens is 4. The summed E-state index contributed by atoms with van der Waals surface area (Å²) >= 11 is 1.28. The van der Waals surface area contributed by atoms with Gasteiger partial charge in [0.05, 0.1) is 17.1 Å². The molecular weight excluding hydrogens is 305 g/mol. The fraction of sp³-hybridized carbons (Fsp3) is 0.167. The first-order chi connectivity index (χ1) is 9.89. The molecular formula is C12H7F3N4OS. The second-order valence-electron chi connectivity index (χ2n) is 4.21. The third-order valence-corrected chi connectivity index (χ3v) is 3.68. The fourth-order valence-electron chi connectivity index (χ4n) is 1.99. The van der Waals surface area contributed by atoms with Crippen LogP contribution in [0.5, 0.6) is 0 Å². The number of alkyl halides is 3. The van der Waals surface area contributed by atoms with Crippen LogP contribution in [0.25, 0.3) is 16.0 Å². The summed E-state index contributed by atoms with van der Waals surface area (Å²) in [6, 6.07) is 1.62. The molecule has 0 aliphatic carbocycles. The molecule has 0 fully saturated rings. The number of ketones is 1. The lowest BCUT2D eigenvalue weighted by molar-refractivity contribution is -0.143. The molecule has 3 heterocycles. The zero-order valence-corrected chi connectivity index (χ0v) is 11.4. The van der Waals surface area contributed by atoms with Gasteiger partial charge in [-0.1, -0.05) is 0 Å². The molecule has 0 amide bonds. The van der Waals surface area contributed by atoms with Crippen molar-refractivity contribution in [1.82, 2.24) is 19.7 Å². The van der Waals surface area contributed by atoms with Gasteiger partial charge in [-0.25, -0.2) is 14.6 Å². The summed E-state index contributed by atoms with van der Waals surface area (Å²) in [4.78, 5) is 19.8. The van der Waals surface area contributed by atoms with E-state index in [9.17, 15) is 18.0 Å². The quantitative estimate of drug-likeness (QED) is 0.682. The zero-order valence-electron chi connectivity index (χ0n) is 10.5. The first kappa shape index (κ1) is 13.7. The van der Waals surface area contributed by atoms with Gasteiger partial charge in [-0.05, 0) is 18.4 Å². The Morgan fingerprint density at radius 2 is 2.10 bits per heavy atom. The van der Waals surface area contributed by atoms with Crippen molar-refractivity contribution in [3.8, 4) is 5.82 Å². The van der Waals surface area contributed by atoms with Gasteiger partial charge in [-0.2, -0.15) is 18.3 Å². The molecule has 3 aromatic rings. The van der Waals surface area contributed by atoms with Crippen LogP contribution in [0.3, 0.4) is 0 Å². The van der Waals surface area contributed by atoms with E-state index in [0.29, 0.717) is 14.9 Å². The zero-order chi connectivity index (χ0) is 15.2. The van der Waals surface area contributed by atoms with Gasteiger partial charge in [-0.15, -0.1) is 11.3 Å². The van der Waals surface area contributed by atoms with Gasteiger partial charge in [0.25, 0.3) is 0 Å². The van der Waals surface area contributed by atoms with E-state index >= 15 is 0 Å². The highest BCUT2D eigenvalue weighted by Gasteiger charge is 2.40. The molecule has 0 saturated heterocycles. The van der Waals surface area contributed by atoms with Crippen LogP contribution in [-0.4, -0.2) is 25.5 Å². The van der Waals surface area contributed by atoms with Gasteiger partial charge in [0, 0.05) is 0 Å². The number of Topliss-reactive ketones (excluding diaryl/α,β-unsaturated/α-hetero) is 1. The van der Waals surface area contributed by atoms with Crippen LogP contribution in [-0.2, 0) is 6.18 Å². The molecule has 0 aliphatic heterocycles. The molecule has 9 heteroatoms. The van der Waals surface area contributed by atoms with E-state index in [4.69, 9.17) is 0 Å². The van der Waals surface area contributed by atoms with Crippen molar-refractivity contribution >= 4 is 27.3 Å². The summed E-state index contributed by atoms with van der Waals surface area (Å²) in [5.74, 6) is -0.703. The number of thiophene rings is 1. The third kappa shape index (κ3) is 2.19. The second-order valence-corrected chi connectivity index (χ2v) is 5.10. The topological polar surface area (TPSA) is 60.7 Å². The molecule has 0 spiro atoms. The van der Waals surface area contributed by atoms with Crippen molar-refractivity contribution in [2.45, 2.75) is 13.1 Å². The lowest BCUT2D eigenvalue weighted by Crippen LogP contribution is -2.17. The Bertz CT molecular complexity index is 837. The largest absolute Gasteiger partial charge is 0.434 e. The maximum Gasteiger partial charge on any atom is 0.434 e. The predicted octanol–water partition coefficient (Wildman–Crippen LogP) is 3.10. The standard InChI is InChI=1S/C12H7F3N4OS/c1-6(20)8-4-18-19(9(8)12(13,14)15)10-7-2-3-21-11(7)17-5-16-10/h2-5H,1H3. The lowest BCUT2D eigenvalue weighted by atomic mass is 10.2. The molecule has 0 bridgehead atoms. The summed E-state index contributed by atoms with van der Waals surface area (Å²) in [6.45, 7) is 1.07. The third-order valence-electron chi connectivity index (χ3n) is 2.86. The highest BCUT2D eigenvalue weighted by Crippen LogP contribution is 2.35. The number of rotatable bonds is 2. The Labute approximate surface area is 120 Å². The molecule has 0 saturated carbocycles. The lowest BCUT2D eigenvalue weighted by Gasteiger charge is -2.11. The van der Waals surface area contributed by atoms with Crippen molar-refractivity contribution in [3.05, 3.63) is 35.2 Å². The van der Waals surface area contributed by atoms with E-state index in [1.807, 2.05) is 0 Å². The smallest absolute Gasteiger partial charge is 0.294 e. The van der Waals surface area contributed by atoms with Crippen LogP contribution in [0.2, 0.25) is 0 Å². The minimum Gasteiger partial charge on any atom is -0.294 e. The Hall–Kier alpha value is -2.29. The molecule has 0 aliphatic rings. The minimum atomic E-state index is -4.72. The number of nitrogens with zero attached hydrogens (tertiary/aromatic N) is 4. The molecule has 0 N–H and O–H groups in total. The minimum absolute atomic E-state index is 0.000995. The molecule has 0 radical (unpaired) electrons. The van der Waals surface area contributed by atoms with E-state index in [0.717, 1.165) is 13.1 Å². The molecule has 0 atom stereocenters. The number of halogens is 3. The van der Waals surface area contributed by atoms with E-state index in [2.05, 4.69) is 15.1 Å². The summed E-state index contributed by atoms with van der Waals surface area (Å²) in [5, 5.41) is 5.84. The van der Waals surface area contributed by atoms with Crippen LogP contribution >= 0.6 is 11.3 Å².